The van der Waals surface area contributed by atoms with Crippen molar-refractivity contribution in [2.24, 2.45) is 5.92 Å². The Bertz CT molecular complexity index is 2450. The minimum absolute atomic E-state index is 0. The fraction of sp³-hybridized carbons (Fsp3) is 0.423. The van der Waals surface area contributed by atoms with E-state index in [-0.39, 0.29) is 68.9 Å². The van der Waals surface area contributed by atoms with Crippen LogP contribution in [0.2, 0.25) is 0 Å². The number of aryl methyl sites for hydroxylation is 1. The molecule has 2 fully saturated rings. The average molecular weight is 1070 g/mol. The number of halogens is 7. The zero-order chi connectivity index (χ0) is 51.2. The zero-order valence-electron chi connectivity index (χ0n) is 38.8. The summed E-state index contributed by atoms with van der Waals surface area (Å²) in [6.07, 6.45) is -2.17. The molecule has 0 aromatic heterocycles. The third-order valence-corrected chi connectivity index (χ3v) is 10.5. The number of cyclic esters (lactones) is 2. The third-order valence-electron chi connectivity index (χ3n) is 10.0. The Morgan fingerprint density at radius 2 is 1.03 bits per heavy atom. The number of esters is 2. The van der Waals surface area contributed by atoms with Gasteiger partial charge in [-0.25, -0.2) is 45.7 Å². The summed E-state index contributed by atoms with van der Waals surface area (Å²) in [6.45, 7) is 10.5. The highest BCUT2D eigenvalue weighted by atomic mass is 79.9. The highest BCUT2D eigenvalue weighted by molar-refractivity contribution is 9.09. The van der Waals surface area contributed by atoms with Crippen molar-refractivity contribution in [1.82, 2.24) is 9.80 Å². The van der Waals surface area contributed by atoms with Crippen molar-refractivity contribution in [2.45, 2.75) is 118 Å². The smallest absolute Gasteiger partial charge is 0.416 e. The number of imide groups is 2. The number of nitrogens with zero attached hydrogens (tertiary/aromatic N) is 2. The number of amides is 4. The first kappa shape index (κ1) is 60.9. The summed E-state index contributed by atoms with van der Waals surface area (Å²) in [7, 11) is 0. The summed E-state index contributed by atoms with van der Waals surface area (Å²) in [5, 5.41) is 0.268. The zero-order valence-corrected chi connectivity index (χ0v) is 40.4. The van der Waals surface area contributed by atoms with E-state index in [1.54, 1.807) is 20.8 Å². The molecule has 3 atom stereocenters. The highest BCUT2D eigenvalue weighted by Gasteiger charge is 2.42. The molecule has 0 saturated carbocycles. The van der Waals surface area contributed by atoms with Gasteiger partial charge in [-0.05, 0) is 102 Å². The highest BCUT2D eigenvalue weighted by Crippen LogP contribution is 2.27. The fourth-order valence-electron chi connectivity index (χ4n) is 7.07. The summed E-state index contributed by atoms with van der Waals surface area (Å²) in [4.78, 5) is 75.2. The quantitative estimate of drug-likeness (QED) is 0.0417. The fourth-order valence-corrected chi connectivity index (χ4v) is 7.18. The van der Waals surface area contributed by atoms with Crippen molar-refractivity contribution >= 4 is 51.9 Å². The van der Waals surface area contributed by atoms with Gasteiger partial charge in [0.05, 0.1) is 24.4 Å². The number of benzene rings is 4. The van der Waals surface area contributed by atoms with E-state index in [0.29, 0.717) is 31.0 Å². The third kappa shape index (κ3) is 19.1. The molecule has 4 aromatic carbocycles. The van der Waals surface area contributed by atoms with Crippen molar-refractivity contribution in [3.05, 3.63) is 142 Å². The SMILES string of the molecule is C.C.CC(C)(C)OC(=O)CBr.CC(C)(C)OC(=O)C[C@@H](Cc1cc(F)c(F)cc1F)C(=O)N1C(=O)OC[C@@H]1Cc1ccccc1.O=C(CCc1cc(F)c(F)cc1F)N1C(=O)OC[C@@H]1Cc1ccccc1. The molecule has 0 N–H and O–H groups in total. The second-order valence-corrected chi connectivity index (χ2v) is 18.5. The van der Waals surface area contributed by atoms with E-state index >= 15 is 0 Å². The maximum atomic E-state index is 14.3. The molecule has 0 unspecified atom stereocenters. The van der Waals surface area contributed by atoms with E-state index in [4.69, 9.17) is 18.9 Å². The van der Waals surface area contributed by atoms with Crippen LogP contribution in [0, 0.1) is 40.8 Å². The van der Waals surface area contributed by atoms with Gasteiger partial charge in [0, 0.05) is 18.6 Å². The van der Waals surface area contributed by atoms with Crippen molar-refractivity contribution in [1.29, 1.82) is 0 Å². The number of hydrogen-bond donors (Lipinski definition) is 0. The lowest BCUT2D eigenvalue weighted by atomic mass is 9.93. The van der Waals surface area contributed by atoms with Crippen LogP contribution in [0.1, 0.15) is 91.5 Å². The number of alkyl halides is 1. The Morgan fingerprint density at radius 3 is 1.48 bits per heavy atom. The normalized spacial score (nSPS) is 15.6. The van der Waals surface area contributed by atoms with Crippen LogP contribution in [0.25, 0.3) is 0 Å². The molecule has 71 heavy (non-hydrogen) atoms. The predicted octanol–water partition coefficient (Wildman–Crippen LogP) is 11.2. The number of rotatable bonds is 13. The van der Waals surface area contributed by atoms with Gasteiger partial charge in [-0.1, -0.05) is 91.4 Å². The number of ether oxygens (including phenoxy) is 4. The minimum atomic E-state index is -1.37. The van der Waals surface area contributed by atoms with Crippen LogP contribution in [0.5, 0.6) is 0 Å². The molecular weight excluding hydrogens is 1010 g/mol. The van der Waals surface area contributed by atoms with Gasteiger partial charge < -0.3 is 18.9 Å². The molecule has 2 aliphatic heterocycles. The van der Waals surface area contributed by atoms with Gasteiger partial charge in [0.15, 0.2) is 23.3 Å². The van der Waals surface area contributed by atoms with E-state index in [1.807, 2.05) is 81.4 Å². The van der Waals surface area contributed by atoms with Crippen LogP contribution >= 0.6 is 15.9 Å². The molecule has 4 amide bonds. The van der Waals surface area contributed by atoms with Gasteiger partial charge in [0.1, 0.15) is 41.4 Å². The first-order valence-corrected chi connectivity index (χ1v) is 22.8. The molecule has 0 spiro atoms. The van der Waals surface area contributed by atoms with Crippen molar-refractivity contribution < 1.29 is 74.1 Å². The van der Waals surface area contributed by atoms with Crippen LogP contribution < -0.4 is 0 Å². The van der Waals surface area contributed by atoms with Gasteiger partial charge in [-0.15, -0.1) is 0 Å². The molecule has 12 nitrogen and oxygen atoms in total. The Morgan fingerprint density at radius 1 is 0.620 bits per heavy atom. The van der Waals surface area contributed by atoms with E-state index in [2.05, 4.69) is 15.9 Å². The second-order valence-electron chi connectivity index (χ2n) is 17.9. The lowest BCUT2D eigenvalue weighted by Gasteiger charge is -2.26. The van der Waals surface area contributed by atoms with Crippen LogP contribution in [0.15, 0.2) is 84.9 Å². The first-order chi connectivity index (χ1) is 32.3. The molecule has 2 aliphatic rings. The van der Waals surface area contributed by atoms with Gasteiger partial charge in [0.25, 0.3) is 0 Å². The van der Waals surface area contributed by atoms with Gasteiger partial charge in [0.2, 0.25) is 11.8 Å². The van der Waals surface area contributed by atoms with Crippen LogP contribution in [-0.4, -0.2) is 87.6 Å². The average Bonchev–Trinajstić information content (AvgIpc) is 3.82. The molecule has 19 heteroatoms. The molecule has 0 aliphatic carbocycles. The summed E-state index contributed by atoms with van der Waals surface area (Å²) in [5.41, 5.74) is 0.183. The van der Waals surface area contributed by atoms with Crippen LogP contribution in [-0.2, 0) is 63.8 Å². The number of carbonyl (C=O) groups is 6. The Labute approximate surface area is 419 Å². The number of carbonyl (C=O) groups excluding carboxylic acids is 6. The minimum Gasteiger partial charge on any atom is -0.460 e. The predicted molar refractivity (Wildman–Crippen MR) is 256 cm³/mol. The van der Waals surface area contributed by atoms with Crippen molar-refractivity contribution in [3.63, 3.8) is 0 Å². The van der Waals surface area contributed by atoms with Crippen LogP contribution in [0.4, 0.5) is 35.9 Å². The lowest BCUT2D eigenvalue weighted by molar-refractivity contribution is -0.158. The van der Waals surface area contributed by atoms with Gasteiger partial charge in [-0.3, -0.25) is 19.2 Å². The van der Waals surface area contributed by atoms with E-state index in [1.165, 1.54) is 0 Å². The summed E-state index contributed by atoms with van der Waals surface area (Å²) in [6, 6.07) is 19.5. The maximum absolute atomic E-state index is 14.3. The Hall–Kier alpha value is -6.24. The number of hydrogen-bond acceptors (Lipinski definition) is 10. The summed E-state index contributed by atoms with van der Waals surface area (Å²) in [5.74, 6) is -10.7. The van der Waals surface area contributed by atoms with Crippen molar-refractivity contribution in [3.8, 4) is 0 Å². The summed E-state index contributed by atoms with van der Waals surface area (Å²) < 4.78 is 102. The second kappa shape index (κ2) is 27.4. The molecule has 2 heterocycles. The molecular formula is C52H61BrF6N2O10. The molecule has 2 saturated heterocycles. The lowest BCUT2D eigenvalue weighted by Crippen LogP contribution is -2.45. The Balaban J connectivity index is 0.000000414. The molecule has 6 rings (SSSR count). The topological polar surface area (TPSA) is 146 Å². The molecule has 388 valence electrons. The monoisotopic (exact) mass is 1070 g/mol. The molecule has 4 aromatic rings. The Kier molecular flexibility index (Phi) is 23.5. The van der Waals surface area contributed by atoms with E-state index in [9.17, 15) is 55.1 Å². The molecule has 0 radical (unpaired) electrons. The standard InChI is InChI=1S/C25H26F3NO5.C19H16F3NO3.C6H11BrO2.2CH4/c1-25(2,3)34-22(30)12-17(10-16-11-20(27)21(28)13-19(16)26)23(31)29-18(14-33-24(29)32)9-15-7-5-4-6-8-15;20-15-10-17(22)16(21)9-13(15)6-7-18(24)23-14(11-26-19(23)25)8-12-4-2-1-3-5-12;1-6(2,3)9-5(8)4-7;;/h4-8,11,13,17-18H,9-10,12,14H2,1-3H3;1-5,9-10,14H,6-8,11H2;4H2,1-3H3;2*1H4/t17-,18+;14-;;;/m10.../s1. The largest absolute Gasteiger partial charge is 0.460 e. The van der Waals surface area contributed by atoms with Crippen LogP contribution in [0.3, 0.4) is 0 Å². The maximum Gasteiger partial charge on any atom is 0.416 e. The molecule has 0 bridgehead atoms. The van der Waals surface area contributed by atoms with E-state index < -0.39 is 101 Å². The van der Waals surface area contributed by atoms with Gasteiger partial charge >= 0.3 is 24.1 Å². The van der Waals surface area contributed by atoms with Crippen molar-refractivity contribution in [2.75, 3.05) is 18.5 Å². The van der Waals surface area contributed by atoms with Gasteiger partial charge in [-0.2, -0.15) is 0 Å². The summed E-state index contributed by atoms with van der Waals surface area (Å²) >= 11 is 2.99. The first-order valence-electron chi connectivity index (χ1n) is 21.7. The van der Waals surface area contributed by atoms with E-state index in [0.717, 1.165) is 27.0 Å².